The number of hydrogen-bond donors (Lipinski definition) is 3. The van der Waals surface area contributed by atoms with Gasteiger partial charge in [0, 0.05) is 0 Å². The fraction of sp³-hybridized carbons (Fsp3) is 0.891. The van der Waals surface area contributed by atoms with Gasteiger partial charge < -0.3 is 19.8 Å². The van der Waals surface area contributed by atoms with Crippen molar-refractivity contribution < 1.29 is 19.8 Å². The van der Waals surface area contributed by atoms with Crippen LogP contribution in [0.5, 0.6) is 0 Å². The summed E-state index contributed by atoms with van der Waals surface area (Å²) in [5.74, 6) is 0. The van der Waals surface area contributed by atoms with Crippen LogP contribution in [-0.4, -0.2) is 64.8 Å². The SMILES string of the molecule is CCCCCC[C@@H](O)CC=CCCCCCCCC[N+](C)(CCCCCCCCC=CC[C@H](O)CCCCCC)CCCCCCCCC=CC[C@H](O)CCCCCC. The number of nitrogens with zero attached hydrogens (tertiary/aromatic N) is 1. The number of aliphatic hydroxyl groups excluding tert-OH is 3. The van der Waals surface area contributed by atoms with E-state index in [1.165, 1.54) is 236 Å². The number of aliphatic hydroxyl groups is 3. The van der Waals surface area contributed by atoms with Gasteiger partial charge >= 0.3 is 0 Å². The molecule has 0 aliphatic carbocycles. The fourth-order valence-electron chi connectivity index (χ4n) is 8.61. The summed E-state index contributed by atoms with van der Waals surface area (Å²) < 4.78 is 1.28. The highest BCUT2D eigenvalue weighted by Crippen LogP contribution is 2.18. The highest BCUT2D eigenvalue weighted by Gasteiger charge is 2.20. The molecule has 0 rings (SSSR count). The predicted octanol–water partition coefficient (Wildman–Crippen LogP) is 16.5. The number of hydrogen-bond acceptors (Lipinski definition) is 3. The Labute approximate surface area is 371 Å². The van der Waals surface area contributed by atoms with Crippen molar-refractivity contribution in [2.24, 2.45) is 0 Å². The van der Waals surface area contributed by atoms with Crippen molar-refractivity contribution >= 4 is 0 Å². The van der Waals surface area contributed by atoms with E-state index >= 15 is 0 Å². The zero-order valence-corrected chi connectivity index (χ0v) is 40.7. The first-order valence-electron chi connectivity index (χ1n) is 26.7. The second-order valence-electron chi connectivity index (χ2n) is 19.2. The first-order valence-corrected chi connectivity index (χ1v) is 26.7. The molecule has 350 valence electrons. The molecule has 4 nitrogen and oxygen atoms in total. The van der Waals surface area contributed by atoms with Crippen LogP contribution < -0.4 is 0 Å². The van der Waals surface area contributed by atoms with Crippen LogP contribution in [0, 0.1) is 0 Å². The molecule has 0 aliphatic rings. The molecule has 0 aliphatic heterocycles. The second kappa shape index (κ2) is 46.6. The van der Waals surface area contributed by atoms with Crippen LogP contribution in [-0.2, 0) is 0 Å². The lowest BCUT2D eigenvalue weighted by molar-refractivity contribution is -0.910. The van der Waals surface area contributed by atoms with Gasteiger partial charge in [-0.25, -0.2) is 0 Å². The summed E-state index contributed by atoms with van der Waals surface area (Å²) in [6.07, 6.45) is 61.3. The number of allylic oxidation sites excluding steroid dienone is 3. The zero-order chi connectivity index (χ0) is 43.2. The second-order valence-corrected chi connectivity index (χ2v) is 19.2. The van der Waals surface area contributed by atoms with Crippen LogP contribution in [0.3, 0.4) is 0 Å². The Kier molecular flexibility index (Phi) is 45.8. The maximum absolute atomic E-state index is 10.2. The van der Waals surface area contributed by atoms with E-state index in [9.17, 15) is 15.3 Å². The van der Waals surface area contributed by atoms with Gasteiger partial charge in [0.2, 0.25) is 0 Å². The van der Waals surface area contributed by atoms with Gasteiger partial charge in [-0.2, -0.15) is 0 Å². The van der Waals surface area contributed by atoms with E-state index in [4.69, 9.17) is 0 Å². The van der Waals surface area contributed by atoms with E-state index in [1.807, 2.05) is 0 Å². The molecule has 0 saturated heterocycles. The van der Waals surface area contributed by atoms with Gasteiger partial charge in [0.05, 0.1) is 45.0 Å². The molecular weight excluding hydrogens is 723 g/mol. The molecule has 0 bridgehead atoms. The van der Waals surface area contributed by atoms with Gasteiger partial charge in [-0.3, -0.25) is 0 Å². The molecular formula is C55H108NO3+. The van der Waals surface area contributed by atoms with Gasteiger partial charge in [-0.1, -0.05) is 192 Å². The Morgan fingerprint density at radius 1 is 0.305 bits per heavy atom. The molecule has 4 heteroatoms. The van der Waals surface area contributed by atoms with Crippen molar-refractivity contribution in [1.82, 2.24) is 0 Å². The molecule has 0 fully saturated rings. The predicted molar refractivity (Wildman–Crippen MR) is 263 cm³/mol. The maximum atomic E-state index is 10.2. The molecule has 0 heterocycles. The summed E-state index contributed by atoms with van der Waals surface area (Å²) in [4.78, 5) is 0. The molecule has 0 aromatic rings. The minimum absolute atomic E-state index is 0.147. The standard InChI is InChI=1S/C55H108NO3/c1-5-8-11-35-44-53(57)47-38-29-23-17-14-20-26-32-41-50-56(4,51-42-33-27-21-15-18-24-30-39-48-54(58)45-36-12-9-6-2)52-43-34-28-22-16-19-25-31-40-49-55(59)46-37-13-10-7-3/h29-31,38-40,53-55,57-59H,5-28,32-37,41-52H2,1-4H3/q+1/t53-,54-,55-,56?/m1/s1. The first-order chi connectivity index (χ1) is 28.9. The quantitative estimate of drug-likeness (QED) is 0.0325. The molecule has 0 unspecified atom stereocenters. The van der Waals surface area contributed by atoms with Crippen molar-refractivity contribution in [3.63, 3.8) is 0 Å². The number of rotatable bonds is 48. The normalized spacial score (nSPS) is 14.9. The lowest BCUT2D eigenvalue weighted by Gasteiger charge is -2.35. The average Bonchev–Trinajstić information content (AvgIpc) is 3.23. The minimum Gasteiger partial charge on any atom is -0.393 e. The van der Waals surface area contributed by atoms with Crippen molar-refractivity contribution in [2.75, 3.05) is 26.7 Å². The molecule has 0 radical (unpaired) electrons. The summed E-state index contributed by atoms with van der Waals surface area (Å²) in [7, 11) is 2.57. The third-order valence-electron chi connectivity index (χ3n) is 12.9. The third-order valence-corrected chi connectivity index (χ3v) is 12.9. The Hall–Kier alpha value is -0.940. The van der Waals surface area contributed by atoms with Crippen LogP contribution in [0.25, 0.3) is 0 Å². The zero-order valence-electron chi connectivity index (χ0n) is 40.7. The fourth-order valence-corrected chi connectivity index (χ4v) is 8.61. The number of unbranched alkanes of at least 4 members (excludes halogenated alkanes) is 27. The molecule has 59 heavy (non-hydrogen) atoms. The van der Waals surface area contributed by atoms with E-state index in [-0.39, 0.29) is 18.3 Å². The Morgan fingerprint density at radius 3 is 0.814 bits per heavy atom. The summed E-state index contributed by atoms with van der Waals surface area (Å²) in [5.41, 5.74) is 0. The van der Waals surface area contributed by atoms with Crippen LogP contribution in [0.4, 0.5) is 0 Å². The molecule has 0 saturated carbocycles. The van der Waals surface area contributed by atoms with Crippen LogP contribution in [0.1, 0.15) is 271 Å². The Morgan fingerprint density at radius 2 is 0.542 bits per heavy atom. The van der Waals surface area contributed by atoms with E-state index in [0.29, 0.717) is 0 Å². The van der Waals surface area contributed by atoms with E-state index in [1.54, 1.807) is 0 Å². The van der Waals surface area contributed by atoms with E-state index < -0.39 is 0 Å². The van der Waals surface area contributed by atoms with Gasteiger partial charge in [0.25, 0.3) is 0 Å². The molecule has 0 spiro atoms. The summed E-state index contributed by atoms with van der Waals surface area (Å²) in [5, 5.41) is 30.5. The summed E-state index contributed by atoms with van der Waals surface area (Å²) >= 11 is 0. The van der Waals surface area contributed by atoms with Crippen molar-refractivity contribution in [3.8, 4) is 0 Å². The van der Waals surface area contributed by atoms with Gasteiger partial charge in [-0.05, 0) is 116 Å². The van der Waals surface area contributed by atoms with E-state index in [0.717, 1.165) is 38.5 Å². The summed E-state index contributed by atoms with van der Waals surface area (Å²) in [6.45, 7) is 10.8. The highest BCUT2D eigenvalue weighted by atomic mass is 16.3. The largest absolute Gasteiger partial charge is 0.393 e. The first kappa shape index (κ1) is 58.1. The van der Waals surface area contributed by atoms with Crippen LogP contribution >= 0.6 is 0 Å². The average molecular weight is 831 g/mol. The molecule has 3 N–H and O–H groups in total. The van der Waals surface area contributed by atoms with Crippen molar-refractivity contribution in [2.45, 2.75) is 289 Å². The smallest absolute Gasteiger partial charge is 0.0784 e. The third kappa shape index (κ3) is 44.9. The molecule has 0 amide bonds. The molecule has 0 aromatic heterocycles. The Bertz CT molecular complexity index is 787. The minimum atomic E-state index is -0.147. The highest BCUT2D eigenvalue weighted by molar-refractivity contribution is 4.85. The van der Waals surface area contributed by atoms with E-state index in [2.05, 4.69) is 64.3 Å². The van der Waals surface area contributed by atoms with Gasteiger partial charge in [-0.15, -0.1) is 0 Å². The van der Waals surface area contributed by atoms with Crippen LogP contribution in [0.15, 0.2) is 36.5 Å². The van der Waals surface area contributed by atoms with Crippen molar-refractivity contribution in [3.05, 3.63) is 36.5 Å². The number of quaternary nitrogens is 1. The van der Waals surface area contributed by atoms with Gasteiger partial charge in [0.15, 0.2) is 0 Å². The topological polar surface area (TPSA) is 60.7 Å². The van der Waals surface area contributed by atoms with Gasteiger partial charge in [0.1, 0.15) is 0 Å². The van der Waals surface area contributed by atoms with Crippen LogP contribution in [0.2, 0.25) is 0 Å². The Balaban J connectivity index is 4.33. The monoisotopic (exact) mass is 831 g/mol. The lowest BCUT2D eigenvalue weighted by atomic mass is 10.0. The molecule has 3 atom stereocenters. The maximum Gasteiger partial charge on any atom is 0.0784 e. The van der Waals surface area contributed by atoms with Crippen molar-refractivity contribution in [1.29, 1.82) is 0 Å². The summed E-state index contributed by atoms with van der Waals surface area (Å²) in [6, 6.07) is 0. The lowest BCUT2D eigenvalue weighted by Crippen LogP contribution is -2.46. The molecule has 0 aromatic carbocycles.